The van der Waals surface area contributed by atoms with Crippen LogP contribution < -0.4 is 5.32 Å². The van der Waals surface area contributed by atoms with Crippen LogP contribution >= 0.6 is 0 Å². The van der Waals surface area contributed by atoms with Gasteiger partial charge >= 0.3 is 12.0 Å². The van der Waals surface area contributed by atoms with Crippen LogP contribution in [0.4, 0.5) is 4.79 Å². The fraction of sp³-hybridized carbons (Fsp3) is 0.385. The summed E-state index contributed by atoms with van der Waals surface area (Å²) in [7, 11) is 1.65. The Balaban J connectivity index is 2.43. The number of amides is 2. The van der Waals surface area contributed by atoms with E-state index in [0.29, 0.717) is 19.5 Å². The smallest absolute Gasteiger partial charge is 0.335 e. The van der Waals surface area contributed by atoms with Crippen molar-refractivity contribution >= 4 is 12.0 Å². The van der Waals surface area contributed by atoms with E-state index in [0.717, 1.165) is 5.56 Å². The predicted octanol–water partition coefficient (Wildman–Crippen LogP) is 0.909. The number of aromatic carboxylic acids is 1. The molecule has 0 aliphatic carbocycles. The van der Waals surface area contributed by atoms with Crippen LogP contribution in [0.25, 0.3) is 0 Å². The quantitative estimate of drug-likeness (QED) is 0.714. The van der Waals surface area contributed by atoms with Crippen molar-refractivity contribution in [3.63, 3.8) is 0 Å². The summed E-state index contributed by atoms with van der Waals surface area (Å²) >= 11 is 0. The Bertz CT molecular complexity index is 431. The van der Waals surface area contributed by atoms with Gasteiger partial charge in [0.15, 0.2) is 0 Å². The van der Waals surface area contributed by atoms with Crippen molar-refractivity contribution in [1.82, 2.24) is 10.2 Å². The van der Waals surface area contributed by atoms with Crippen LogP contribution in [-0.2, 0) is 6.54 Å². The number of benzene rings is 1. The van der Waals surface area contributed by atoms with E-state index in [-0.39, 0.29) is 18.2 Å². The molecule has 19 heavy (non-hydrogen) atoms. The van der Waals surface area contributed by atoms with Gasteiger partial charge in [-0.1, -0.05) is 12.1 Å². The second-order valence-electron chi connectivity index (χ2n) is 4.16. The summed E-state index contributed by atoms with van der Waals surface area (Å²) < 4.78 is 0. The monoisotopic (exact) mass is 266 g/mol. The molecule has 6 nitrogen and oxygen atoms in total. The number of rotatable bonds is 6. The number of hydrogen-bond donors (Lipinski definition) is 3. The van der Waals surface area contributed by atoms with Gasteiger partial charge in [0.25, 0.3) is 0 Å². The third kappa shape index (κ3) is 4.97. The third-order valence-corrected chi connectivity index (χ3v) is 2.64. The van der Waals surface area contributed by atoms with Gasteiger partial charge in [-0.25, -0.2) is 9.59 Å². The number of nitrogens with one attached hydrogen (secondary N) is 1. The van der Waals surface area contributed by atoms with E-state index in [2.05, 4.69) is 5.32 Å². The Morgan fingerprint density at radius 3 is 2.42 bits per heavy atom. The molecular formula is C13H18N2O4. The van der Waals surface area contributed by atoms with Gasteiger partial charge in [0, 0.05) is 26.7 Å². The zero-order chi connectivity index (χ0) is 14.3. The lowest BCUT2D eigenvalue weighted by Crippen LogP contribution is -2.37. The molecule has 0 atom stereocenters. The van der Waals surface area contributed by atoms with Gasteiger partial charge in [-0.15, -0.1) is 0 Å². The Morgan fingerprint density at radius 2 is 1.89 bits per heavy atom. The van der Waals surface area contributed by atoms with E-state index in [9.17, 15) is 9.59 Å². The number of carboxylic acids is 1. The van der Waals surface area contributed by atoms with Crippen LogP contribution in [0.15, 0.2) is 24.3 Å². The number of aliphatic hydroxyl groups excluding tert-OH is 1. The SMILES string of the molecule is CN(CCCO)C(=O)NCc1ccc(C(=O)O)cc1. The first-order chi connectivity index (χ1) is 9.04. The normalized spacial score (nSPS) is 10.0. The van der Waals surface area contributed by atoms with Crippen LogP contribution in [-0.4, -0.2) is 47.3 Å². The van der Waals surface area contributed by atoms with E-state index >= 15 is 0 Å². The molecule has 1 aromatic carbocycles. The standard InChI is InChI=1S/C13H18N2O4/c1-15(7-2-8-16)13(19)14-9-10-3-5-11(6-4-10)12(17)18/h3-6,16H,2,7-9H2,1H3,(H,14,19)(H,17,18). The van der Waals surface area contributed by atoms with Gasteiger partial charge in [0.1, 0.15) is 0 Å². The van der Waals surface area contributed by atoms with Crippen LogP contribution in [0.5, 0.6) is 0 Å². The summed E-state index contributed by atoms with van der Waals surface area (Å²) in [6, 6.07) is 6.10. The Morgan fingerprint density at radius 1 is 1.26 bits per heavy atom. The molecule has 104 valence electrons. The summed E-state index contributed by atoms with van der Waals surface area (Å²) in [5, 5.41) is 20.1. The summed E-state index contributed by atoms with van der Waals surface area (Å²) in [4.78, 5) is 23.8. The second kappa shape index (κ2) is 7.38. The highest BCUT2D eigenvalue weighted by atomic mass is 16.4. The fourth-order valence-electron chi connectivity index (χ4n) is 1.49. The minimum atomic E-state index is -0.973. The van der Waals surface area contributed by atoms with Crippen molar-refractivity contribution in [1.29, 1.82) is 0 Å². The van der Waals surface area contributed by atoms with Crippen LogP contribution in [0.3, 0.4) is 0 Å². The van der Waals surface area contributed by atoms with E-state index in [1.54, 1.807) is 19.2 Å². The Labute approximate surface area is 111 Å². The van der Waals surface area contributed by atoms with E-state index in [1.165, 1.54) is 17.0 Å². The Hall–Kier alpha value is -2.08. The van der Waals surface area contributed by atoms with E-state index in [1.807, 2.05) is 0 Å². The summed E-state index contributed by atoms with van der Waals surface area (Å²) in [6.07, 6.45) is 0.539. The number of carbonyl (C=O) groups excluding carboxylic acids is 1. The van der Waals surface area contributed by atoms with Crippen LogP contribution in [0.1, 0.15) is 22.3 Å². The second-order valence-corrected chi connectivity index (χ2v) is 4.16. The summed E-state index contributed by atoms with van der Waals surface area (Å²) in [6.45, 7) is 0.872. The lowest BCUT2D eigenvalue weighted by atomic mass is 10.1. The highest BCUT2D eigenvalue weighted by Gasteiger charge is 2.07. The molecule has 0 bridgehead atoms. The molecule has 0 heterocycles. The molecule has 3 N–H and O–H groups in total. The molecule has 0 unspecified atom stereocenters. The molecule has 0 saturated heterocycles. The number of carboxylic acid groups (broad SMARTS) is 1. The number of urea groups is 1. The largest absolute Gasteiger partial charge is 0.478 e. The molecule has 0 radical (unpaired) electrons. The molecule has 0 aliphatic rings. The number of nitrogens with zero attached hydrogens (tertiary/aromatic N) is 1. The summed E-state index contributed by atoms with van der Waals surface area (Å²) in [5.74, 6) is -0.973. The van der Waals surface area contributed by atoms with Crippen molar-refractivity contribution in [2.75, 3.05) is 20.2 Å². The predicted molar refractivity (Wildman–Crippen MR) is 70.0 cm³/mol. The number of aliphatic hydroxyl groups is 1. The first-order valence-electron chi connectivity index (χ1n) is 5.96. The average molecular weight is 266 g/mol. The first kappa shape index (κ1) is 15.0. The molecular weight excluding hydrogens is 248 g/mol. The Kier molecular flexibility index (Phi) is 5.81. The van der Waals surface area contributed by atoms with Gasteiger partial charge in [-0.3, -0.25) is 0 Å². The molecule has 1 rings (SSSR count). The van der Waals surface area contributed by atoms with Crippen LogP contribution in [0.2, 0.25) is 0 Å². The molecule has 0 aromatic heterocycles. The maximum absolute atomic E-state index is 11.6. The first-order valence-corrected chi connectivity index (χ1v) is 5.96. The molecule has 1 aromatic rings. The van der Waals surface area contributed by atoms with Crippen molar-refractivity contribution in [2.24, 2.45) is 0 Å². The van der Waals surface area contributed by atoms with Gasteiger partial charge in [-0.2, -0.15) is 0 Å². The van der Waals surface area contributed by atoms with E-state index in [4.69, 9.17) is 10.2 Å². The summed E-state index contributed by atoms with van der Waals surface area (Å²) in [5.41, 5.74) is 1.05. The maximum Gasteiger partial charge on any atom is 0.335 e. The number of carbonyl (C=O) groups is 2. The maximum atomic E-state index is 11.6. The van der Waals surface area contributed by atoms with Gasteiger partial charge in [0.2, 0.25) is 0 Å². The topological polar surface area (TPSA) is 89.9 Å². The molecule has 2 amide bonds. The lowest BCUT2D eigenvalue weighted by Gasteiger charge is -2.17. The minimum Gasteiger partial charge on any atom is -0.478 e. The molecule has 0 aliphatic heterocycles. The molecule has 0 saturated carbocycles. The van der Waals surface area contributed by atoms with Crippen molar-refractivity contribution in [3.8, 4) is 0 Å². The van der Waals surface area contributed by atoms with Crippen molar-refractivity contribution < 1.29 is 19.8 Å². The third-order valence-electron chi connectivity index (χ3n) is 2.64. The lowest BCUT2D eigenvalue weighted by molar-refractivity contribution is 0.0697. The highest BCUT2D eigenvalue weighted by Crippen LogP contribution is 2.04. The van der Waals surface area contributed by atoms with Gasteiger partial charge < -0.3 is 20.4 Å². The van der Waals surface area contributed by atoms with Crippen molar-refractivity contribution in [3.05, 3.63) is 35.4 Å². The molecule has 0 fully saturated rings. The molecule has 6 heteroatoms. The van der Waals surface area contributed by atoms with Gasteiger partial charge in [0.05, 0.1) is 5.56 Å². The zero-order valence-corrected chi connectivity index (χ0v) is 10.8. The number of hydrogen-bond acceptors (Lipinski definition) is 3. The van der Waals surface area contributed by atoms with Crippen LogP contribution in [0, 0.1) is 0 Å². The highest BCUT2D eigenvalue weighted by molar-refractivity contribution is 5.87. The molecule has 0 spiro atoms. The zero-order valence-electron chi connectivity index (χ0n) is 10.8. The minimum absolute atomic E-state index is 0.0499. The van der Waals surface area contributed by atoms with Crippen molar-refractivity contribution in [2.45, 2.75) is 13.0 Å². The fourth-order valence-corrected chi connectivity index (χ4v) is 1.49. The average Bonchev–Trinajstić information content (AvgIpc) is 2.42. The van der Waals surface area contributed by atoms with E-state index < -0.39 is 5.97 Å². The van der Waals surface area contributed by atoms with Gasteiger partial charge in [-0.05, 0) is 24.1 Å².